The topological polar surface area (TPSA) is 70.4 Å². The Kier molecular flexibility index (Phi) is 3.07. The number of carboxylic acids is 1. The molecule has 1 aromatic rings. The number of rotatable bonds is 2. The van der Waals surface area contributed by atoms with Crippen LogP contribution in [0.2, 0.25) is 0 Å². The molecule has 0 aliphatic carbocycles. The quantitative estimate of drug-likeness (QED) is 0.642. The summed E-state index contributed by atoms with van der Waals surface area (Å²) in [6.45, 7) is 1.82. The number of aromatic nitrogens is 1. The largest absolute Gasteiger partial charge is 0.504 e. The molecule has 5 heteroatoms. The summed E-state index contributed by atoms with van der Waals surface area (Å²) >= 11 is 1.79. The zero-order chi connectivity index (χ0) is 10.0. The molecular formula is C8H8INO3. The molecule has 0 atom stereocenters. The van der Waals surface area contributed by atoms with Crippen LogP contribution in [0.1, 0.15) is 22.8 Å². The van der Waals surface area contributed by atoms with Crippen molar-refractivity contribution in [1.82, 2.24) is 4.98 Å². The fourth-order valence-electron chi connectivity index (χ4n) is 1.02. The summed E-state index contributed by atoms with van der Waals surface area (Å²) in [6, 6.07) is 0. The highest BCUT2D eigenvalue weighted by molar-refractivity contribution is 14.1. The zero-order valence-electron chi connectivity index (χ0n) is 6.91. The number of carboxylic acid groups (broad SMARTS) is 1. The monoisotopic (exact) mass is 293 g/mol. The number of aromatic carboxylic acids is 1. The maximum absolute atomic E-state index is 10.8. The van der Waals surface area contributed by atoms with E-state index in [2.05, 4.69) is 4.98 Å². The van der Waals surface area contributed by atoms with Crippen LogP contribution in [0.25, 0.3) is 0 Å². The van der Waals surface area contributed by atoms with Gasteiger partial charge in [-0.2, -0.15) is 0 Å². The van der Waals surface area contributed by atoms with E-state index in [0.29, 0.717) is 15.7 Å². The van der Waals surface area contributed by atoms with E-state index in [4.69, 9.17) is 5.11 Å². The molecule has 0 radical (unpaired) electrons. The van der Waals surface area contributed by atoms with E-state index in [9.17, 15) is 9.90 Å². The molecule has 0 saturated carbocycles. The van der Waals surface area contributed by atoms with Crippen LogP contribution in [0.15, 0.2) is 6.20 Å². The van der Waals surface area contributed by atoms with Crippen molar-refractivity contribution in [1.29, 1.82) is 0 Å². The molecule has 0 spiro atoms. The van der Waals surface area contributed by atoms with Gasteiger partial charge in [-0.1, -0.05) is 6.92 Å². The zero-order valence-corrected chi connectivity index (χ0v) is 9.07. The highest BCUT2D eigenvalue weighted by Gasteiger charge is 2.17. The summed E-state index contributed by atoms with van der Waals surface area (Å²) in [6.07, 6.45) is 2.02. The third kappa shape index (κ3) is 1.90. The van der Waals surface area contributed by atoms with E-state index in [1.54, 1.807) is 22.6 Å². The molecule has 0 unspecified atom stereocenters. The van der Waals surface area contributed by atoms with Crippen LogP contribution in [0, 0.1) is 3.70 Å². The predicted molar refractivity (Wildman–Crippen MR) is 55.0 cm³/mol. The van der Waals surface area contributed by atoms with Gasteiger partial charge in [0.05, 0.1) is 0 Å². The van der Waals surface area contributed by atoms with Gasteiger partial charge in [0.15, 0.2) is 5.75 Å². The molecule has 70 valence electrons. The van der Waals surface area contributed by atoms with Gasteiger partial charge in [0.1, 0.15) is 9.26 Å². The van der Waals surface area contributed by atoms with E-state index in [1.165, 1.54) is 6.20 Å². The standard InChI is InChI=1S/C8H8INO3/c1-2-4-3-10-7(9)6(11)5(4)8(12)13/h3,11H,2H2,1H3,(H,12,13). The normalized spacial score (nSPS) is 10.0. The Bertz CT molecular complexity index is 351. The minimum absolute atomic E-state index is 0.0399. The number of hydrogen-bond acceptors (Lipinski definition) is 3. The molecule has 0 bridgehead atoms. The summed E-state index contributed by atoms with van der Waals surface area (Å²) in [5.74, 6) is -1.36. The number of pyridine rings is 1. The van der Waals surface area contributed by atoms with Crippen molar-refractivity contribution in [3.8, 4) is 5.75 Å². The van der Waals surface area contributed by atoms with E-state index in [0.717, 1.165) is 0 Å². The second-order valence-corrected chi connectivity index (χ2v) is 3.48. The highest BCUT2D eigenvalue weighted by atomic mass is 127. The lowest BCUT2D eigenvalue weighted by Gasteiger charge is -2.05. The number of halogens is 1. The summed E-state index contributed by atoms with van der Waals surface area (Å²) in [7, 11) is 0. The lowest BCUT2D eigenvalue weighted by atomic mass is 10.1. The molecule has 1 heterocycles. The average molecular weight is 293 g/mol. The Balaban J connectivity index is 3.41. The number of nitrogens with zero attached hydrogens (tertiary/aromatic N) is 1. The molecular weight excluding hydrogens is 285 g/mol. The van der Waals surface area contributed by atoms with Crippen LogP contribution in [0.5, 0.6) is 5.75 Å². The van der Waals surface area contributed by atoms with Crippen LogP contribution >= 0.6 is 22.6 Å². The molecule has 0 fully saturated rings. The number of hydrogen-bond donors (Lipinski definition) is 2. The highest BCUT2D eigenvalue weighted by Crippen LogP contribution is 2.25. The maximum Gasteiger partial charge on any atom is 0.339 e. The lowest BCUT2D eigenvalue weighted by molar-refractivity contribution is 0.0692. The van der Waals surface area contributed by atoms with Crippen molar-refractivity contribution >= 4 is 28.6 Å². The predicted octanol–water partition coefficient (Wildman–Crippen LogP) is 1.65. The Morgan fingerprint density at radius 3 is 2.77 bits per heavy atom. The summed E-state index contributed by atoms with van der Waals surface area (Å²) in [5, 5.41) is 18.2. The molecule has 0 saturated heterocycles. The van der Waals surface area contributed by atoms with E-state index in [1.807, 2.05) is 6.92 Å². The van der Waals surface area contributed by atoms with Crippen molar-refractivity contribution in [2.45, 2.75) is 13.3 Å². The van der Waals surface area contributed by atoms with Crippen LogP contribution in [0.4, 0.5) is 0 Å². The molecule has 13 heavy (non-hydrogen) atoms. The fraction of sp³-hybridized carbons (Fsp3) is 0.250. The summed E-state index contributed by atoms with van der Waals surface area (Å²) in [4.78, 5) is 14.6. The molecule has 1 rings (SSSR count). The summed E-state index contributed by atoms with van der Waals surface area (Å²) in [5.41, 5.74) is 0.507. The van der Waals surface area contributed by atoms with Gasteiger partial charge in [0.2, 0.25) is 0 Å². The van der Waals surface area contributed by atoms with Gasteiger partial charge < -0.3 is 10.2 Å². The smallest absolute Gasteiger partial charge is 0.339 e. The van der Waals surface area contributed by atoms with Crippen LogP contribution in [-0.4, -0.2) is 21.2 Å². The number of aryl methyl sites for hydroxylation is 1. The van der Waals surface area contributed by atoms with Crippen molar-refractivity contribution in [3.63, 3.8) is 0 Å². The van der Waals surface area contributed by atoms with E-state index >= 15 is 0 Å². The van der Waals surface area contributed by atoms with Crippen molar-refractivity contribution in [3.05, 3.63) is 21.0 Å². The lowest BCUT2D eigenvalue weighted by Crippen LogP contribution is -2.04. The van der Waals surface area contributed by atoms with E-state index in [-0.39, 0.29) is 11.3 Å². The molecule has 2 N–H and O–H groups in total. The minimum Gasteiger partial charge on any atom is -0.504 e. The first-order valence-corrected chi connectivity index (χ1v) is 4.75. The van der Waals surface area contributed by atoms with Gasteiger partial charge in [-0.3, -0.25) is 0 Å². The maximum atomic E-state index is 10.8. The minimum atomic E-state index is -1.12. The third-order valence-corrected chi connectivity index (χ3v) is 2.47. The number of aromatic hydroxyl groups is 1. The van der Waals surface area contributed by atoms with Gasteiger partial charge in [-0.05, 0) is 34.6 Å². The second kappa shape index (κ2) is 3.91. The van der Waals surface area contributed by atoms with Crippen LogP contribution < -0.4 is 0 Å². The van der Waals surface area contributed by atoms with Gasteiger partial charge in [-0.15, -0.1) is 0 Å². The Morgan fingerprint density at radius 2 is 2.31 bits per heavy atom. The van der Waals surface area contributed by atoms with Gasteiger partial charge >= 0.3 is 5.97 Å². The van der Waals surface area contributed by atoms with Crippen LogP contribution in [0.3, 0.4) is 0 Å². The third-order valence-electron chi connectivity index (χ3n) is 1.68. The first-order valence-electron chi connectivity index (χ1n) is 3.67. The van der Waals surface area contributed by atoms with Crippen molar-refractivity contribution in [2.75, 3.05) is 0 Å². The molecule has 4 nitrogen and oxygen atoms in total. The summed E-state index contributed by atoms with van der Waals surface area (Å²) < 4.78 is 0.312. The molecule has 0 amide bonds. The van der Waals surface area contributed by atoms with Gasteiger partial charge in [0.25, 0.3) is 0 Å². The van der Waals surface area contributed by atoms with Crippen molar-refractivity contribution in [2.24, 2.45) is 0 Å². The van der Waals surface area contributed by atoms with Crippen molar-refractivity contribution < 1.29 is 15.0 Å². The first-order chi connectivity index (χ1) is 6.07. The molecule has 0 aromatic carbocycles. The van der Waals surface area contributed by atoms with Gasteiger partial charge in [0, 0.05) is 6.20 Å². The van der Waals surface area contributed by atoms with E-state index < -0.39 is 5.97 Å². The Labute approximate surface area is 88.8 Å². The fourth-order valence-corrected chi connectivity index (χ4v) is 1.43. The number of carbonyl (C=O) groups is 1. The van der Waals surface area contributed by atoms with Crippen LogP contribution in [-0.2, 0) is 6.42 Å². The van der Waals surface area contributed by atoms with Gasteiger partial charge in [-0.25, -0.2) is 9.78 Å². The molecule has 0 aliphatic heterocycles. The SMILES string of the molecule is CCc1cnc(I)c(O)c1C(=O)O. The molecule has 0 aliphatic rings. The molecule has 1 aromatic heterocycles. The second-order valence-electron chi connectivity index (χ2n) is 2.46. The average Bonchev–Trinajstić information content (AvgIpc) is 2.08. The first kappa shape index (κ1) is 10.2. The Morgan fingerprint density at radius 1 is 1.69 bits per heavy atom. The Hall–Kier alpha value is -0.850.